The lowest BCUT2D eigenvalue weighted by Crippen LogP contribution is -2.54. The summed E-state index contributed by atoms with van der Waals surface area (Å²) in [4.78, 5) is 26.5. The molecule has 0 aromatic carbocycles. The highest BCUT2D eigenvalue weighted by Gasteiger charge is 2.46. The van der Waals surface area contributed by atoms with Gasteiger partial charge in [0.2, 0.25) is 11.8 Å². The molecule has 4 atom stereocenters. The number of likely N-dealkylation sites (tertiary alicyclic amines) is 1. The van der Waals surface area contributed by atoms with Gasteiger partial charge in [0, 0.05) is 25.7 Å². The SMILES string of the molecule is CNC(=O)C1CCCCN1C(=O)C1CC2CCC1N2. The minimum Gasteiger partial charge on any atom is -0.357 e. The highest BCUT2D eigenvalue weighted by Crippen LogP contribution is 2.35. The van der Waals surface area contributed by atoms with Gasteiger partial charge in [0.25, 0.3) is 0 Å². The molecule has 0 aromatic rings. The van der Waals surface area contributed by atoms with Crippen LogP contribution in [0.2, 0.25) is 0 Å². The van der Waals surface area contributed by atoms with E-state index in [1.165, 1.54) is 6.42 Å². The van der Waals surface area contributed by atoms with Crippen LogP contribution >= 0.6 is 0 Å². The average molecular weight is 265 g/mol. The molecule has 19 heavy (non-hydrogen) atoms. The van der Waals surface area contributed by atoms with E-state index in [-0.39, 0.29) is 23.8 Å². The van der Waals surface area contributed by atoms with Gasteiger partial charge in [-0.15, -0.1) is 0 Å². The molecule has 3 aliphatic rings. The number of likely N-dealkylation sites (N-methyl/N-ethyl adjacent to an activating group) is 1. The monoisotopic (exact) mass is 265 g/mol. The van der Waals surface area contributed by atoms with Crippen molar-refractivity contribution in [2.24, 2.45) is 5.92 Å². The van der Waals surface area contributed by atoms with Gasteiger partial charge >= 0.3 is 0 Å². The second kappa shape index (κ2) is 5.12. The quantitative estimate of drug-likeness (QED) is 0.752. The third-order valence-electron chi connectivity index (χ3n) is 4.95. The largest absolute Gasteiger partial charge is 0.357 e. The number of piperidine rings is 1. The van der Waals surface area contributed by atoms with E-state index < -0.39 is 0 Å². The molecule has 0 radical (unpaired) electrons. The Labute approximate surface area is 114 Å². The van der Waals surface area contributed by atoms with Crippen LogP contribution in [0.3, 0.4) is 0 Å². The minimum absolute atomic E-state index is 0.0100. The van der Waals surface area contributed by atoms with Crippen LogP contribution in [0, 0.1) is 5.92 Å². The Balaban J connectivity index is 1.72. The van der Waals surface area contributed by atoms with Crippen molar-refractivity contribution >= 4 is 11.8 Å². The van der Waals surface area contributed by atoms with E-state index in [0.717, 1.165) is 38.6 Å². The highest BCUT2D eigenvalue weighted by molar-refractivity contribution is 5.89. The average Bonchev–Trinajstić information content (AvgIpc) is 3.08. The Kier molecular flexibility index (Phi) is 3.48. The summed E-state index contributed by atoms with van der Waals surface area (Å²) in [6.45, 7) is 0.741. The maximum Gasteiger partial charge on any atom is 0.242 e. The smallest absolute Gasteiger partial charge is 0.242 e. The fourth-order valence-corrected chi connectivity index (χ4v) is 3.94. The molecular formula is C14H23N3O2. The van der Waals surface area contributed by atoms with E-state index in [1.807, 2.05) is 4.90 Å². The van der Waals surface area contributed by atoms with E-state index in [9.17, 15) is 9.59 Å². The molecule has 0 aliphatic carbocycles. The second-order valence-electron chi connectivity index (χ2n) is 6.05. The first-order valence-electron chi connectivity index (χ1n) is 7.49. The molecule has 3 aliphatic heterocycles. The van der Waals surface area contributed by atoms with Crippen LogP contribution < -0.4 is 10.6 Å². The van der Waals surface area contributed by atoms with Crippen LogP contribution in [0.15, 0.2) is 0 Å². The zero-order chi connectivity index (χ0) is 13.4. The number of amides is 2. The van der Waals surface area contributed by atoms with Crippen LogP contribution in [0.5, 0.6) is 0 Å². The summed E-state index contributed by atoms with van der Waals surface area (Å²) in [6, 6.07) is 0.636. The number of carbonyl (C=O) groups excluding carboxylic acids is 2. The first-order valence-corrected chi connectivity index (χ1v) is 7.49. The maximum atomic E-state index is 12.7. The molecular weight excluding hydrogens is 242 g/mol. The van der Waals surface area contributed by atoms with Crippen molar-refractivity contribution in [3.05, 3.63) is 0 Å². The molecule has 2 bridgehead atoms. The van der Waals surface area contributed by atoms with Crippen LogP contribution in [-0.2, 0) is 9.59 Å². The van der Waals surface area contributed by atoms with Gasteiger partial charge in [-0.2, -0.15) is 0 Å². The van der Waals surface area contributed by atoms with Crippen molar-refractivity contribution in [1.82, 2.24) is 15.5 Å². The van der Waals surface area contributed by atoms with E-state index >= 15 is 0 Å². The van der Waals surface area contributed by atoms with Crippen molar-refractivity contribution in [3.8, 4) is 0 Å². The zero-order valence-corrected chi connectivity index (χ0v) is 11.5. The number of hydrogen-bond donors (Lipinski definition) is 2. The predicted molar refractivity (Wildman–Crippen MR) is 71.5 cm³/mol. The minimum atomic E-state index is -0.245. The molecule has 5 heteroatoms. The normalized spacial score (nSPS) is 37.4. The maximum absolute atomic E-state index is 12.7. The highest BCUT2D eigenvalue weighted by atomic mass is 16.2. The Morgan fingerprint density at radius 1 is 1.21 bits per heavy atom. The van der Waals surface area contributed by atoms with Crippen LogP contribution in [-0.4, -0.2) is 48.4 Å². The number of hydrogen-bond acceptors (Lipinski definition) is 3. The van der Waals surface area contributed by atoms with Crippen molar-refractivity contribution in [2.75, 3.05) is 13.6 Å². The molecule has 0 saturated carbocycles. The van der Waals surface area contributed by atoms with E-state index in [4.69, 9.17) is 0 Å². The molecule has 2 amide bonds. The van der Waals surface area contributed by atoms with Crippen LogP contribution in [0.25, 0.3) is 0 Å². The topological polar surface area (TPSA) is 61.4 Å². The van der Waals surface area contributed by atoms with Gasteiger partial charge in [0.1, 0.15) is 6.04 Å². The summed E-state index contributed by atoms with van der Waals surface area (Å²) in [7, 11) is 1.65. The van der Waals surface area contributed by atoms with Gasteiger partial charge in [-0.3, -0.25) is 9.59 Å². The lowest BCUT2D eigenvalue weighted by Gasteiger charge is -2.37. The molecule has 0 spiro atoms. The molecule has 3 rings (SSSR count). The van der Waals surface area contributed by atoms with Gasteiger partial charge in [-0.25, -0.2) is 0 Å². The lowest BCUT2D eigenvalue weighted by molar-refractivity contribution is -0.145. The van der Waals surface area contributed by atoms with Crippen molar-refractivity contribution < 1.29 is 9.59 Å². The fourth-order valence-electron chi connectivity index (χ4n) is 3.94. The Morgan fingerprint density at radius 2 is 2.05 bits per heavy atom. The molecule has 3 heterocycles. The first kappa shape index (κ1) is 12.9. The molecule has 3 fully saturated rings. The molecule has 2 N–H and O–H groups in total. The fraction of sp³-hybridized carbons (Fsp3) is 0.857. The number of fused-ring (bicyclic) bond motifs is 2. The Bertz CT molecular complexity index is 385. The Morgan fingerprint density at radius 3 is 2.68 bits per heavy atom. The summed E-state index contributed by atoms with van der Waals surface area (Å²) in [5.41, 5.74) is 0. The summed E-state index contributed by atoms with van der Waals surface area (Å²) in [5, 5.41) is 6.20. The number of nitrogens with zero attached hydrogens (tertiary/aromatic N) is 1. The predicted octanol–water partition coefficient (Wildman–Crippen LogP) is 0.254. The molecule has 106 valence electrons. The summed E-state index contributed by atoms with van der Waals surface area (Å²) >= 11 is 0. The van der Waals surface area contributed by atoms with Crippen molar-refractivity contribution in [2.45, 2.75) is 56.7 Å². The third-order valence-corrected chi connectivity index (χ3v) is 4.95. The number of rotatable bonds is 2. The van der Waals surface area contributed by atoms with Gasteiger partial charge in [-0.05, 0) is 38.5 Å². The van der Waals surface area contributed by atoms with Gasteiger partial charge in [0.15, 0.2) is 0 Å². The lowest BCUT2D eigenvalue weighted by atomic mass is 9.87. The molecule has 5 nitrogen and oxygen atoms in total. The van der Waals surface area contributed by atoms with E-state index in [1.54, 1.807) is 7.05 Å². The standard InChI is InChI=1S/C14H23N3O2/c1-15-13(18)12-4-2-3-7-17(12)14(19)10-8-9-5-6-11(10)16-9/h9-12,16H,2-8H2,1H3,(H,15,18). The molecule has 4 unspecified atom stereocenters. The summed E-state index contributed by atoms with van der Waals surface area (Å²) in [5.74, 6) is 0.293. The summed E-state index contributed by atoms with van der Waals surface area (Å²) < 4.78 is 0. The van der Waals surface area contributed by atoms with E-state index in [0.29, 0.717) is 12.1 Å². The third kappa shape index (κ3) is 2.24. The molecule has 3 saturated heterocycles. The van der Waals surface area contributed by atoms with Gasteiger partial charge in [0.05, 0.1) is 5.92 Å². The van der Waals surface area contributed by atoms with Gasteiger partial charge < -0.3 is 15.5 Å². The number of nitrogens with one attached hydrogen (secondary N) is 2. The van der Waals surface area contributed by atoms with E-state index in [2.05, 4.69) is 10.6 Å². The zero-order valence-electron chi connectivity index (χ0n) is 11.5. The van der Waals surface area contributed by atoms with Crippen LogP contribution in [0.4, 0.5) is 0 Å². The number of carbonyl (C=O) groups is 2. The van der Waals surface area contributed by atoms with Crippen molar-refractivity contribution in [3.63, 3.8) is 0 Å². The summed E-state index contributed by atoms with van der Waals surface area (Å²) in [6.07, 6.45) is 6.14. The second-order valence-corrected chi connectivity index (χ2v) is 6.05. The van der Waals surface area contributed by atoms with Crippen molar-refractivity contribution in [1.29, 1.82) is 0 Å². The van der Waals surface area contributed by atoms with Gasteiger partial charge in [-0.1, -0.05) is 0 Å². The first-order chi connectivity index (χ1) is 9.20. The molecule has 0 aromatic heterocycles. The van der Waals surface area contributed by atoms with Crippen LogP contribution in [0.1, 0.15) is 38.5 Å². The Hall–Kier alpha value is -1.10.